The average Bonchev–Trinajstić information content (AvgIpc) is 2.82. The molecule has 0 spiro atoms. The number of halogens is 6. The zero-order chi connectivity index (χ0) is 17.6. The van der Waals surface area contributed by atoms with E-state index in [1.54, 1.807) is 20.8 Å². The van der Waals surface area contributed by atoms with E-state index in [2.05, 4.69) is 10.1 Å². The molecule has 0 aliphatic rings. The van der Waals surface area contributed by atoms with Crippen molar-refractivity contribution in [3.8, 4) is 5.82 Å². The summed E-state index contributed by atoms with van der Waals surface area (Å²) in [4.78, 5) is 3.60. The maximum absolute atomic E-state index is 13.1. The molecule has 0 amide bonds. The fourth-order valence-electron chi connectivity index (χ4n) is 2.00. The van der Waals surface area contributed by atoms with Gasteiger partial charge in [-0.2, -0.15) is 31.4 Å². The lowest BCUT2D eigenvalue weighted by molar-refractivity contribution is -0.141. The number of nitrogens with zero attached hydrogens (tertiary/aromatic N) is 3. The molecule has 0 radical (unpaired) electrons. The molecule has 0 bridgehead atoms. The molecule has 0 aliphatic carbocycles. The van der Waals surface area contributed by atoms with Crippen LogP contribution in [0.5, 0.6) is 0 Å². The van der Waals surface area contributed by atoms with Crippen LogP contribution in [0.25, 0.3) is 5.82 Å². The van der Waals surface area contributed by atoms with Gasteiger partial charge in [-0.3, -0.25) is 0 Å². The van der Waals surface area contributed by atoms with E-state index in [1.165, 1.54) is 0 Å². The highest BCUT2D eigenvalue weighted by Crippen LogP contribution is 2.37. The van der Waals surface area contributed by atoms with E-state index in [0.29, 0.717) is 4.68 Å². The number of hydrogen-bond acceptors (Lipinski definition) is 2. The smallest absolute Gasteiger partial charge is 0.237 e. The van der Waals surface area contributed by atoms with E-state index >= 15 is 0 Å². The van der Waals surface area contributed by atoms with Crippen molar-refractivity contribution in [2.24, 2.45) is 0 Å². The second-order valence-electron chi connectivity index (χ2n) is 5.95. The van der Waals surface area contributed by atoms with Gasteiger partial charge in [0, 0.05) is 11.6 Å². The largest absolute Gasteiger partial charge is 0.435 e. The zero-order valence-corrected chi connectivity index (χ0v) is 12.4. The van der Waals surface area contributed by atoms with Crippen LogP contribution in [0, 0.1) is 0 Å². The molecule has 0 unspecified atom stereocenters. The van der Waals surface area contributed by atoms with Gasteiger partial charge in [-0.25, -0.2) is 9.67 Å². The number of pyridine rings is 1. The van der Waals surface area contributed by atoms with Crippen molar-refractivity contribution in [3.63, 3.8) is 0 Å². The van der Waals surface area contributed by atoms with Gasteiger partial charge in [0.05, 0.1) is 5.69 Å². The van der Waals surface area contributed by atoms with Crippen LogP contribution in [0.2, 0.25) is 0 Å². The molecule has 0 saturated heterocycles. The number of rotatable bonds is 1. The zero-order valence-electron chi connectivity index (χ0n) is 12.4. The molecule has 0 N–H and O–H groups in total. The SMILES string of the molecule is CC(C)(C)c1cc(C(F)(F)F)nn1-c1ncccc1C(F)(F)F. The summed E-state index contributed by atoms with van der Waals surface area (Å²) in [5.74, 6) is -0.680. The fraction of sp³-hybridized carbons (Fsp3) is 0.429. The van der Waals surface area contributed by atoms with E-state index in [9.17, 15) is 26.3 Å². The van der Waals surface area contributed by atoms with Crippen LogP contribution in [0.3, 0.4) is 0 Å². The third-order valence-electron chi connectivity index (χ3n) is 3.06. The van der Waals surface area contributed by atoms with Gasteiger partial charge in [0.15, 0.2) is 11.5 Å². The van der Waals surface area contributed by atoms with Crippen LogP contribution in [-0.2, 0) is 17.8 Å². The summed E-state index contributed by atoms with van der Waals surface area (Å²) >= 11 is 0. The highest BCUT2D eigenvalue weighted by Gasteiger charge is 2.40. The minimum Gasteiger partial charge on any atom is -0.237 e. The highest BCUT2D eigenvalue weighted by atomic mass is 19.4. The molecule has 0 fully saturated rings. The second kappa shape index (κ2) is 5.24. The maximum Gasteiger partial charge on any atom is 0.435 e. The summed E-state index contributed by atoms with van der Waals surface area (Å²) in [5.41, 5.74) is -3.30. The Morgan fingerprint density at radius 1 is 0.957 bits per heavy atom. The van der Waals surface area contributed by atoms with Crippen LogP contribution in [0.4, 0.5) is 26.3 Å². The molecule has 0 saturated carbocycles. The first-order chi connectivity index (χ1) is 10.3. The van der Waals surface area contributed by atoms with Crippen molar-refractivity contribution in [2.75, 3.05) is 0 Å². The standard InChI is InChI=1S/C14H13F6N3/c1-12(2,3)10-7-9(14(18,19)20)22-23(10)11-8(13(15,16)17)5-4-6-21-11/h4-7H,1-3H3. The van der Waals surface area contributed by atoms with Crippen molar-refractivity contribution in [1.82, 2.24) is 14.8 Å². The molecule has 3 nitrogen and oxygen atoms in total. The Kier molecular flexibility index (Phi) is 3.94. The monoisotopic (exact) mass is 337 g/mol. The van der Waals surface area contributed by atoms with Gasteiger partial charge in [-0.15, -0.1) is 0 Å². The molecule has 9 heteroatoms. The molecule has 23 heavy (non-hydrogen) atoms. The number of aromatic nitrogens is 3. The lowest BCUT2D eigenvalue weighted by atomic mass is 9.91. The second-order valence-corrected chi connectivity index (χ2v) is 5.95. The van der Waals surface area contributed by atoms with Crippen LogP contribution < -0.4 is 0 Å². The summed E-state index contributed by atoms with van der Waals surface area (Å²) < 4.78 is 78.6. The Labute approximate surface area is 127 Å². The van der Waals surface area contributed by atoms with E-state index < -0.39 is 34.8 Å². The Morgan fingerprint density at radius 3 is 2.04 bits per heavy atom. The Hall–Kier alpha value is -2.06. The van der Waals surface area contributed by atoms with E-state index in [-0.39, 0.29) is 5.69 Å². The van der Waals surface area contributed by atoms with Gasteiger partial charge in [0.1, 0.15) is 5.56 Å². The van der Waals surface area contributed by atoms with E-state index in [0.717, 1.165) is 24.4 Å². The molecule has 0 atom stereocenters. The Balaban J connectivity index is 2.77. The average molecular weight is 337 g/mol. The summed E-state index contributed by atoms with van der Waals surface area (Å²) in [6.45, 7) is 4.74. The lowest BCUT2D eigenvalue weighted by Crippen LogP contribution is -2.21. The summed E-state index contributed by atoms with van der Waals surface area (Å²) in [7, 11) is 0. The van der Waals surface area contributed by atoms with Crippen molar-refractivity contribution in [2.45, 2.75) is 38.5 Å². The van der Waals surface area contributed by atoms with Crippen LogP contribution in [-0.4, -0.2) is 14.8 Å². The predicted octanol–water partition coefficient (Wildman–Crippen LogP) is 4.60. The molecule has 2 rings (SSSR count). The van der Waals surface area contributed by atoms with Crippen molar-refractivity contribution in [1.29, 1.82) is 0 Å². The van der Waals surface area contributed by atoms with Gasteiger partial charge in [-0.05, 0) is 18.2 Å². The van der Waals surface area contributed by atoms with Crippen molar-refractivity contribution in [3.05, 3.63) is 41.3 Å². The van der Waals surface area contributed by atoms with Crippen LogP contribution in [0.1, 0.15) is 37.7 Å². The fourth-order valence-corrected chi connectivity index (χ4v) is 2.00. The van der Waals surface area contributed by atoms with E-state index in [1.807, 2.05) is 0 Å². The number of alkyl halides is 6. The summed E-state index contributed by atoms with van der Waals surface area (Å²) in [5, 5.41) is 3.32. The third-order valence-corrected chi connectivity index (χ3v) is 3.06. The molecule has 2 heterocycles. The van der Waals surface area contributed by atoms with Crippen molar-refractivity contribution < 1.29 is 26.3 Å². The normalized spacial score (nSPS) is 13.4. The molecular weight excluding hydrogens is 324 g/mol. The van der Waals surface area contributed by atoms with Crippen LogP contribution in [0.15, 0.2) is 24.4 Å². The molecule has 126 valence electrons. The van der Waals surface area contributed by atoms with E-state index in [4.69, 9.17) is 0 Å². The van der Waals surface area contributed by atoms with Crippen molar-refractivity contribution >= 4 is 0 Å². The molecule has 0 aliphatic heterocycles. The third kappa shape index (κ3) is 3.48. The maximum atomic E-state index is 13.1. The molecule has 0 aromatic carbocycles. The molecular formula is C14H13F6N3. The minimum absolute atomic E-state index is 0.0194. The summed E-state index contributed by atoms with van der Waals surface area (Å²) in [6.07, 6.45) is -8.45. The topological polar surface area (TPSA) is 30.7 Å². The molecule has 2 aromatic rings. The first-order valence-electron chi connectivity index (χ1n) is 6.52. The predicted molar refractivity (Wildman–Crippen MR) is 70.1 cm³/mol. The Morgan fingerprint density at radius 2 is 1.57 bits per heavy atom. The highest BCUT2D eigenvalue weighted by molar-refractivity contribution is 5.39. The molecule has 2 aromatic heterocycles. The quantitative estimate of drug-likeness (QED) is 0.712. The van der Waals surface area contributed by atoms with Gasteiger partial charge < -0.3 is 0 Å². The van der Waals surface area contributed by atoms with Gasteiger partial charge >= 0.3 is 12.4 Å². The minimum atomic E-state index is -4.77. The summed E-state index contributed by atoms with van der Waals surface area (Å²) in [6, 6.07) is 2.57. The number of hydrogen-bond donors (Lipinski definition) is 0. The first kappa shape index (κ1) is 17.3. The lowest BCUT2D eigenvalue weighted by Gasteiger charge is -2.21. The first-order valence-corrected chi connectivity index (χ1v) is 6.52. The van der Waals surface area contributed by atoms with Gasteiger partial charge in [-0.1, -0.05) is 20.8 Å². The van der Waals surface area contributed by atoms with Crippen LogP contribution >= 0.6 is 0 Å². The van der Waals surface area contributed by atoms with Gasteiger partial charge in [0.2, 0.25) is 0 Å². The Bertz CT molecular complexity index is 707. The van der Waals surface area contributed by atoms with Gasteiger partial charge in [0.25, 0.3) is 0 Å².